The molecule has 1 rings (SSSR count). The van der Waals surface area contributed by atoms with Gasteiger partial charge in [-0.15, -0.1) is 0 Å². The lowest BCUT2D eigenvalue weighted by Crippen LogP contribution is -2.30. The van der Waals surface area contributed by atoms with Crippen molar-refractivity contribution in [2.45, 2.75) is 25.6 Å². The first-order valence-electron chi connectivity index (χ1n) is 3.90. The molecule has 0 spiro atoms. The van der Waals surface area contributed by atoms with Crippen molar-refractivity contribution in [3.05, 3.63) is 0 Å². The summed E-state index contributed by atoms with van der Waals surface area (Å²) in [5.74, 6) is 0.277. The Bertz CT molecular complexity index is 153. The molecular weight excluding hydrogens is 142 g/mol. The van der Waals surface area contributed by atoms with E-state index < -0.39 is 0 Å². The molecule has 0 bridgehead atoms. The maximum atomic E-state index is 8.47. The molecule has 3 heteroatoms. The molecule has 0 aromatic heterocycles. The van der Waals surface area contributed by atoms with Crippen LogP contribution in [0.3, 0.4) is 0 Å². The number of nitrogens with zero attached hydrogens (tertiary/aromatic N) is 1. The van der Waals surface area contributed by atoms with E-state index in [0.717, 1.165) is 19.4 Å². The maximum Gasteiger partial charge on any atom is 0.160 e. The minimum Gasteiger partial charge on any atom is -0.356 e. The molecule has 1 saturated heterocycles. The Hall–Kier alpha value is -0.590. The van der Waals surface area contributed by atoms with Crippen molar-refractivity contribution >= 4 is 0 Å². The van der Waals surface area contributed by atoms with E-state index in [4.69, 9.17) is 14.7 Å². The molecule has 62 valence electrons. The molecule has 1 aliphatic heterocycles. The first kappa shape index (κ1) is 8.51. The molecule has 0 N–H and O–H groups in total. The van der Waals surface area contributed by atoms with E-state index in [1.807, 2.05) is 0 Å². The SMILES string of the molecule is COC1OCCCC1CC#N. The Morgan fingerprint density at radius 2 is 2.55 bits per heavy atom. The molecule has 3 nitrogen and oxygen atoms in total. The molecule has 1 fully saturated rings. The third kappa shape index (κ3) is 2.18. The minimum atomic E-state index is -0.150. The fourth-order valence-electron chi connectivity index (χ4n) is 1.39. The fourth-order valence-corrected chi connectivity index (χ4v) is 1.39. The van der Waals surface area contributed by atoms with Gasteiger partial charge in [0.1, 0.15) is 0 Å². The monoisotopic (exact) mass is 155 g/mol. The van der Waals surface area contributed by atoms with Crippen molar-refractivity contribution in [1.82, 2.24) is 0 Å². The predicted octanol–water partition coefficient (Wildman–Crippen LogP) is 1.30. The molecule has 2 unspecified atom stereocenters. The molecule has 11 heavy (non-hydrogen) atoms. The Kier molecular flexibility index (Phi) is 3.34. The lowest BCUT2D eigenvalue weighted by Gasteiger charge is -2.28. The van der Waals surface area contributed by atoms with Crippen LogP contribution in [0.4, 0.5) is 0 Å². The van der Waals surface area contributed by atoms with Gasteiger partial charge in [-0.3, -0.25) is 0 Å². The minimum absolute atomic E-state index is 0.150. The number of rotatable bonds is 2. The number of methoxy groups -OCH3 is 1. The summed E-state index contributed by atoms with van der Waals surface area (Å²) in [6, 6.07) is 2.14. The van der Waals surface area contributed by atoms with Crippen molar-refractivity contribution in [1.29, 1.82) is 5.26 Å². The van der Waals surface area contributed by atoms with Crippen LogP contribution in [0.2, 0.25) is 0 Å². The first-order chi connectivity index (χ1) is 5.38. The third-order valence-electron chi connectivity index (χ3n) is 1.97. The van der Waals surface area contributed by atoms with Crippen LogP contribution < -0.4 is 0 Å². The largest absolute Gasteiger partial charge is 0.356 e. The molecule has 0 aliphatic carbocycles. The van der Waals surface area contributed by atoms with Gasteiger partial charge in [-0.25, -0.2) is 0 Å². The second kappa shape index (κ2) is 4.32. The van der Waals surface area contributed by atoms with Gasteiger partial charge in [0.15, 0.2) is 6.29 Å². The van der Waals surface area contributed by atoms with Gasteiger partial charge in [-0.2, -0.15) is 5.26 Å². The highest BCUT2D eigenvalue weighted by atomic mass is 16.7. The molecular formula is C8H13NO2. The van der Waals surface area contributed by atoms with E-state index >= 15 is 0 Å². The zero-order chi connectivity index (χ0) is 8.10. The number of hydrogen-bond donors (Lipinski definition) is 0. The van der Waals surface area contributed by atoms with Gasteiger partial charge in [-0.1, -0.05) is 0 Å². The molecule has 1 aliphatic rings. The van der Waals surface area contributed by atoms with E-state index in [0.29, 0.717) is 6.42 Å². The van der Waals surface area contributed by atoms with Gasteiger partial charge < -0.3 is 9.47 Å². The van der Waals surface area contributed by atoms with E-state index in [2.05, 4.69) is 6.07 Å². The maximum absolute atomic E-state index is 8.47. The summed E-state index contributed by atoms with van der Waals surface area (Å²) >= 11 is 0. The van der Waals surface area contributed by atoms with Crippen LogP contribution in [0.25, 0.3) is 0 Å². The average Bonchev–Trinajstić information content (AvgIpc) is 2.06. The van der Waals surface area contributed by atoms with Crippen molar-refractivity contribution in [2.75, 3.05) is 13.7 Å². The lowest BCUT2D eigenvalue weighted by atomic mass is 9.98. The van der Waals surface area contributed by atoms with Gasteiger partial charge in [0.25, 0.3) is 0 Å². The Morgan fingerprint density at radius 1 is 1.73 bits per heavy atom. The zero-order valence-corrected chi connectivity index (χ0v) is 6.75. The second-order valence-corrected chi connectivity index (χ2v) is 2.74. The standard InChI is InChI=1S/C8H13NO2/c1-10-8-7(4-5-9)3-2-6-11-8/h7-8H,2-4,6H2,1H3. The third-order valence-corrected chi connectivity index (χ3v) is 1.97. The van der Waals surface area contributed by atoms with Crippen LogP contribution in [0.5, 0.6) is 0 Å². The van der Waals surface area contributed by atoms with Crippen molar-refractivity contribution in [3.8, 4) is 6.07 Å². The van der Waals surface area contributed by atoms with E-state index in [9.17, 15) is 0 Å². The Morgan fingerprint density at radius 3 is 3.18 bits per heavy atom. The predicted molar refractivity (Wildman–Crippen MR) is 39.7 cm³/mol. The summed E-state index contributed by atoms with van der Waals surface area (Å²) in [4.78, 5) is 0. The highest BCUT2D eigenvalue weighted by molar-refractivity contribution is 4.79. The number of hydrogen-bond acceptors (Lipinski definition) is 3. The molecule has 0 aromatic carbocycles. The van der Waals surface area contributed by atoms with Crippen molar-refractivity contribution in [2.24, 2.45) is 5.92 Å². The number of nitriles is 1. The Balaban J connectivity index is 2.39. The van der Waals surface area contributed by atoms with E-state index in [-0.39, 0.29) is 12.2 Å². The molecule has 0 amide bonds. The van der Waals surface area contributed by atoms with Gasteiger partial charge in [0.2, 0.25) is 0 Å². The van der Waals surface area contributed by atoms with Gasteiger partial charge in [0.05, 0.1) is 6.07 Å². The van der Waals surface area contributed by atoms with Crippen molar-refractivity contribution in [3.63, 3.8) is 0 Å². The number of ether oxygens (including phenoxy) is 2. The molecule has 0 radical (unpaired) electrons. The van der Waals surface area contributed by atoms with Crippen LogP contribution in [0.15, 0.2) is 0 Å². The highest BCUT2D eigenvalue weighted by Gasteiger charge is 2.24. The zero-order valence-electron chi connectivity index (χ0n) is 6.75. The fraction of sp³-hybridized carbons (Fsp3) is 0.875. The summed E-state index contributed by atoms with van der Waals surface area (Å²) in [5, 5.41) is 8.47. The van der Waals surface area contributed by atoms with Gasteiger partial charge >= 0.3 is 0 Å². The molecule has 1 heterocycles. The van der Waals surface area contributed by atoms with Gasteiger partial charge in [0, 0.05) is 26.1 Å². The summed E-state index contributed by atoms with van der Waals surface area (Å²) in [5.41, 5.74) is 0. The quantitative estimate of drug-likeness (QED) is 0.603. The second-order valence-electron chi connectivity index (χ2n) is 2.74. The molecule has 0 saturated carbocycles. The summed E-state index contributed by atoms with van der Waals surface area (Å²) in [6.45, 7) is 0.764. The van der Waals surface area contributed by atoms with Crippen LogP contribution >= 0.6 is 0 Å². The first-order valence-corrected chi connectivity index (χ1v) is 3.90. The van der Waals surface area contributed by atoms with Crippen LogP contribution in [0, 0.1) is 17.2 Å². The average molecular weight is 155 g/mol. The van der Waals surface area contributed by atoms with Gasteiger partial charge in [-0.05, 0) is 12.8 Å². The molecule has 2 atom stereocenters. The topological polar surface area (TPSA) is 42.2 Å². The summed E-state index contributed by atoms with van der Waals surface area (Å²) in [6.07, 6.45) is 2.49. The van der Waals surface area contributed by atoms with E-state index in [1.54, 1.807) is 7.11 Å². The smallest absolute Gasteiger partial charge is 0.160 e. The van der Waals surface area contributed by atoms with E-state index in [1.165, 1.54) is 0 Å². The lowest BCUT2D eigenvalue weighted by molar-refractivity contribution is -0.176. The van der Waals surface area contributed by atoms with Crippen molar-refractivity contribution < 1.29 is 9.47 Å². The summed E-state index contributed by atoms with van der Waals surface area (Å²) < 4.78 is 10.4. The van der Waals surface area contributed by atoms with Crippen LogP contribution in [-0.2, 0) is 9.47 Å². The highest BCUT2D eigenvalue weighted by Crippen LogP contribution is 2.23. The molecule has 0 aromatic rings. The van der Waals surface area contributed by atoms with Crippen LogP contribution in [-0.4, -0.2) is 20.0 Å². The Labute approximate surface area is 66.9 Å². The summed E-state index contributed by atoms with van der Waals surface area (Å²) in [7, 11) is 1.63. The van der Waals surface area contributed by atoms with Crippen LogP contribution in [0.1, 0.15) is 19.3 Å². The normalized spacial score (nSPS) is 31.3.